The Morgan fingerprint density at radius 1 is 1.12 bits per heavy atom. The van der Waals surface area contributed by atoms with Gasteiger partial charge >= 0.3 is 11.9 Å². The van der Waals surface area contributed by atoms with Gasteiger partial charge in [-0.2, -0.15) is 0 Å². The van der Waals surface area contributed by atoms with Crippen molar-refractivity contribution in [1.29, 1.82) is 0 Å². The number of aliphatic carboxylic acids is 2. The van der Waals surface area contributed by atoms with Crippen LogP contribution in [0.5, 0.6) is 23.0 Å². The van der Waals surface area contributed by atoms with Crippen molar-refractivity contribution in [1.82, 2.24) is 4.90 Å². The van der Waals surface area contributed by atoms with E-state index in [0.717, 1.165) is 50.5 Å². The third-order valence-corrected chi connectivity index (χ3v) is 5.00. The number of nitrogens with zero attached hydrogens (tertiary/aromatic N) is 2. The maximum atomic E-state index is 9.10. The Bertz CT molecular complexity index is 854. The molecule has 1 atom stereocenters. The summed E-state index contributed by atoms with van der Waals surface area (Å²) in [6, 6.07) is 1.93. The number of fused-ring (bicyclic) bond motifs is 1. The lowest BCUT2D eigenvalue weighted by atomic mass is 10.0. The molecule has 1 fully saturated rings. The molecule has 3 aliphatic heterocycles. The van der Waals surface area contributed by atoms with Crippen molar-refractivity contribution in [2.75, 3.05) is 53.9 Å². The first-order valence-electron chi connectivity index (χ1n) is 9.94. The minimum absolute atomic E-state index is 0.0231. The third-order valence-electron chi connectivity index (χ3n) is 5.00. The Morgan fingerprint density at radius 2 is 1.81 bits per heavy atom. The van der Waals surface area contributed by atoms with Crippen LogP contribution in [-0.4, -0.2) is 92.7 Å². The molecule has 12 nitrogen and oxygen atoms in total. The molecule has 2 N–H and O–H groups in total. The van der Waals surface area contributed by atoms with Crippen molar-refractivity contribution in [3.8, 4) is 23.0 Å². The van der Waals surface area contributed by atoms with Crippen molar-refractivity contribution >= 4 is 17.7 Å². The highest BCUT2D eigenvalue weighted by Gasteiger charge is 2.30. The minimum Gasteiger partial charge on any atom is -0.493 e. The van der Waals surface area contributed by atoms with Crippen LogP contribution in [0.3, 0.4) is 0 Å². The smallest absolute Gasteiger partial charge is 0.414 e. The Morgan fingerprint density at radius 3 is 2.44 bits per heavy atom. The number of hydrogen-bond acceptors (Lipinski definition) is 10. The van der Waals surface area contributed by atoms with Gasteiger partial charge in [0.2, 0.25) is 18.3 Å². The van der Waals surface area contributed by atoms with Gasteiger partial charge in [-0.25, -0.2) is 9.59 Å². The van der Waals surface area contributed by atoms with E-state index in [-0.39, 0.29) is 12.9 Å². The van der Waals surface area contributed by atoms with Crippen LogP contribution in [-0.2, 0) is 25.6 Å². The molecule has 0 bridgehead atoms. The molecule has 0 aliphatic carbocycles. The van der Waals surface area contributed by atoms with Crippen LogP contribution in [0.4, 0.5) is 0 Å². The molecular weight excluding hydrogens is 428 g/mol. The molecule has 1 unspecified atom stereocenters. The van der Waals surface area contributed by atoms with Crippen molar-refractivity contribution in [2.24, 2.45) is 5.16 Å². The lowest BCUT2D eigenvalue weighted by Crippen LogP contribution is -2.39. The van der Waals surface area contributed by atoms with Gasteiger partial charge in [0.15, 0.2) is 11.5 Å². The zero-order chi connectivity index (χ0) is 23.1. The molecule has 4 rings (SSSR count). The second-order valence-electron chi connectivity index (χ2n) is 7.13. The normalized spacial score (nSPS) is 19.3. The Kier molecular flexibility index (Phi) is 7.95. The monoisotopic (exact) mass is 454 g/mol. The van der Waals surface area contributed by atoms with Crippen LogP contribution in [0.15, 0.2) is 11.2 Å². The topological polar surface area (TPSA) is 146 Å². The predicted molar refractivity (Wildman–Crippen MR) is 109 cm³/mol. The summed E-state index contributed by atoms with van der Waals surface area (Å²) in [5.74, 6) is -1.16. The van der Waals surface area contributed by atoms with Crippen LogP contribution < -0.4 is 18.9 Å². The first kappa shape index (κ1) is 23.4. The zero-order valence-electron chi connectivity index (χ0n) is 17.9. The fourth-order valence-electron chi connectivity index (χ4n) is 3.54. The van der Waals surface area contributed by atoms with Gasteiger partial charge in [-0.1, -0.05) is 5.16 Å². The summed E-state index contributed by atoms with van der Waals surface area (Å²) >= 11 is 0. The van der Waals surface area contributed by atoms with Gasteiger partial charge in [0.1, 0.15) is 6.10 Å². The molecule has 32 heavy (non-hydrogen) atoms. The number of benzene rings is 1. The van der Waals surface area contributed by atoms with Crippen molar-refractivity contribution in [3.05, 3.63) is 11.6 Å². The highest BCUT2D eigenvalue weighted by atomic mass is 16.7. The zero-order valence-corrected chi connectivity index (χ0v) is 17.9. The quantitative estimate of drug-likeness (QED) is 0.583. The summed E-state index contributed by atoms with van der Waals surface area (Å²) < 4.78 is 27.5. The number of rotatable bonds is 6. The average Bonchev–Trinajstić information content (AvgIpc) is 3.44. The molecule has 1 aromatic rings. The maximum absolute atomic E-state index is 9.10. The molecule has 3 heterocycles. The Hall–Kier alpha value is -3.25. The van der Waals surface area contributed by atoms with E-state index < -0.39 is 11.9 Å². The standard InChI is InChI=1S/C18H24N2O6.C2H2O4/c1-21-15-8-12(16(22-2)18-17(15)24-11-25-18)7-14-9-13(19-26-14)10-20-3-5-23-6-4-20;3-1(4)2(5)6/h8,14H,3-7,9-11H2,1-2H3;(H,3,4)(H,5,6). The van der Waals surface area contributed by atoms with Gasteiger partial charge in [-0.3, -0.25) is 4.90 Å². The van der Waals surface area contributed by atoms with Crippen LogP contribution in [0, 0.1) is 0 Å². The number of methoxy groups -OCH3 is 2. The molecule has 3 aliphatic rings. The first-order chi connectivity index (χ1) is 15.4. The Labute approximate surface area is 184 Å². The fraction of sp³-hybridized carbons (Fsp3) is 0.550. The van der Waals surface area contributed by atoms with Crippen molar-refractivity contribution in [2.45, 2.75) is 18.9 Å². The second kappa shape index (κ2) is 10.9. The lowest BCUT2D eigenvalue weighted by molar-refractivity contribution is -0.159. The molecule has 0 amide bonds. The highest BCUT2D eigenvalue weighted by Crippen LogP contribution is 2.49. The summed E-state index contributed by atoms with van der Waals surface area (Å²) in [6.45, 7) is 4.45. The maximum Gasteiger partial charge on any atom is 0.414 e. The molecule has 0 aromatic heterocycles. The third kappa shape index (κ3) is 5.71. The molecule has 12 heteroatoms. The SMILES string of the molecule is COc1cc(CC2CC(CN3CCOCC3)=NO2)c(OC)c2c1OCO2.O=C(O)C(=O)O. The highest BCUT2D eigenvalue weighted by molar-refractivity contribution is 6.27. The van der Waals surface area contributed by atoms with Crippen LogP contribution in [0.25, 0.3) is 0 Å². The van der Waals surface area contributed by atoms with Crippen LogP contribution in [0.2, 0.25) is 0 Å². The molecule has 0 radical (unpaired) electrons. The number of carbonyl (C=O) groups is 2. The minimum atomic E-state index is -1.82. The number of carboxylic acids is 2. The summed E-state index contributed by atoms with van der Waals surface area (Å²) in [5, 5.41) is 19.1. The number of morpholine rings is 1. The van der Waals surface area contributed by atoms with E-state index in [1.54, 1.807) is 14.2 Å². The van der Waals surface area contributed by atoms with Crippen molar-refractivity contribution < 1.29 is 48.3 Å². The number of hydrogen-bond donors (Lipinski definition) is 2. The van der Waals surface area contributed by atoms with E-state index in [4.69, 9.17) is 48.3 Å². The fourth-order valence-corrected chi connectivity index (χ4v) is 3.54. The summed E-state index contributed by atoms with van der Waals surface area (Å²) in [7, 11) is 3.24. The molecule has 0 saturated carbocycles. The largest absolute Gasteiger partial charge is 0.493 e. The second-order valence-corrected chi connectivity index (χ2v) is 7.13. The molecule has 176 valence electrons. The molecule has 0 spiro atoms. The van der Waals surface area contributed by atoms with Gasteiger partial charge in [-0.05, 0) is 6.07 Å². The number of ether oxygens (including phenoxy) is 5. The molecular formula is C20H26N2O10. The van der Waals surface area contributed by atoms with E-state index in [1.165, 1.54) is 0 Å². The molecule has 1 saturated heterocycles. The van der Waals surface area contributed by atoms with E-state index >= 15 is 0 Å². The van der Waals surface area contributed by atoms with E-state index in [9.17, 15) is 0 Å². The van der Waals surface area contributed by atoms with Crippen molar-refractivity contribution in [3.63, 3.8) is 0 Å². The van der Waals surface area contributed by atoms with Crippen LogP contribution in [0.1, 0.15) is 12.0 Å². The Balaban J connectivity index is 0.000000427. The summed E-state index contributed by atoms with van der Waals surface area (Å²) in [6.07, 6.45) is 1.44. The number of carboxylic acid groups (broad SMARTS) is 2. The van der Waals surface area contributed by atoms with Gasteiger partial charge in [0.05, 0.1) is 33.1 Å². The van der Waals surface area contributed by atoms with Crippen LogP contribution >= 0.6 is 0 Å². The van der Waals surface area contributed by atoms with E-state index in [0.29, 0.717) is 29.4 Å². The van der Waals surface area contributed by atoms with Gasteiger partial charge in [-0.15, -0.1) is 0 Å². The van der Waals surface area contributed by atoms with Gasteiger partial charge in [0.25, 0.3) is 0 Å². The lowest BCUT2D eigenvalue weighted by Gasteiger charge is -2.26. The summed E-state index contributed by atoms with van der Waals surface area (Å²) in [5.41, 5.74) is 2.03. The first-order valence-corrected chi connectivity index (χ1v) is 9.94. The number of oxime groups is 1. The van der Waals surface area contributed by atoms with Gasteiger partial charge in [0, 0.05) is 38.0 Å². The average molecular weight is 454 g/mol. The van der Waals surface area contributed by atoms with E-state index in [2.05, 4.69) is 10.1 Å². The van der Waals surface area contributed by atoms with Gasteiger partial charge < -0.3 is 38.7 Å². The van der Waals surface area contributed by atoms with E-state index in [1.807, 2.05) is 6.07 Å². The molecule has 1 aromatic carbocycles. The predicted octanol–water partition coefficient (Wildman–Crippen LogP) is 0.608. The summed E-state index contributed by atoms with van der Waals surface area (Å²) in [4.78, 5) is 26.2.